The molecule has 2 nitrogen and oxygen atoms in total. The lowest BCUT2D eigenvalue weighted by atomic mass is 9.79. The number of β-amino-alcohol motifs (C(OH)–C–C–N with tert-alkyl or cyclic N) is 1. The standard InChI is InChI=1S/C15H21NO/c17-15(7-4-10-16-12-15)11-14(8-9-14)13-5-2-1-3-6-13/h1-3,5-6,16-17H,4,7-12H2. The van der Waals surface area contributed by atoms with Gasteiger partial charge in [0.2, 0.25) is 0 Å². The van der Waals surface area contributed by atoms with Gasteiger partial charge >= 0.3 is 0 Å². The molecule has 2 N–H and O–H groups in total. The van der Waals surface area contributed by atoms with Crippen molar-refractivity contribution in [2.24, 2.45) is 0 Å². The molecule has 1 saturated heterocycles. The highest BCUT2D eigenvalue weighted by Gasteiger charge is 2.49. The minimum Gasteiger partial charge on any atom is -0.389 e. The monoisotopic (exact) mass is 231 g/mol. The van der Waals surface area contributed by atoms with Crippen LogP contribution in [-0.4, -0.2) is 23.8 Å². The van der Waals surface area contributed by atoms with Crippen LogP contribution >= 0.6 is 0 Å². The lowest BCUT2D eigenvalue weighted by molar-refractivity contribution is -0.000600. The summed E-state index contributed by atoms with van der Waals surface area (Å²) in [5.74, 6) is 0. The molecule has 0 radical (unpaired) electrons. The van der Waals surface area contributed by atoms with Gasteiger partial charge in [-0.25, -0.2) is 0 Å². The maximum Gasteiger partial charge on any atom is 0.0780 e. The molecule has 3 rings (SSSR count). The van der Waals surface area contributed by atoms with Gasteiger partial charge < -0.3 is 10.4 Å². The molecule has 0 spiro atoms. The minimum atomic E-state index is -0.482. The number of piperidine rings is 1. The Kier molecular flexibility index (Phi) is 2.72. The smallest absolute Gasteiger partial charge is 0.0780 e. The van der Waals surface area contributed by atoms with Crippen LogP contribution in [0.3, 0.4) is 0 Å². The summed E-state index contributed by atoms with van der Waals surface area (Å²) >= 11 is 0. The largest absolute Gasteiger partial charge is 0.389 e. The Bertz CT molecular complexity index is 377. The summed E-state index contributed by atoms with van der Waals surface area (Å²) in [5.41, 5.74) is 1.21. The predicted octanol–water partition coefficient (Wildman–Crippen LogP) is 2.22. The van der Waals surface area contributed by atoms with Gasteiger partial charge in [0.05, 0.1) is 5.60 Å². The summed E-state index contributed by atoms with van der Waals surface area (Å²) in [6.07, 6.45) is 5.45. The molecule has 0 aromatic heterocycles. The van der Waals surface area contributed by atoms with Crippen molar-refractivity contribution < 1.29 is 5.11 Å². The molecular weight excluding hydrogens is 210 g/mol. The van der Waals surface area contributed by atoms with Crippen molar-refractivity contribution in [1.82, 2.24) is 5.32 Å². The zero-order valence-electron chi connectivity index (χ0n) is 10.3. The molecule has 1 aromatic carbocycles. The third-order valence-electron chi connectivity index (χ3n) is 4.36. The van der Waals surface area contributed by atoms with Gasteiger partial charge in [0, 0.05) is 6.54 Å². The first-order valence-electron chi connectivity index (χ1n) is 6.71. The quantitative estimate of drug-likeness (QED) is 0.836. The first-order valence-corrected chi connectivity index (χ1v) is 6.71. The second kappa shape index (κ2) is 4.11. The first-order chi connectivity index (χ1) is 8.23. The van der Waals surface area contributed by atoms with Crippen molar-refractivity contribution in [3.8, 4) is 0 Å². The molecule has 2 heteroatoms. The van der Waals surface area contributed by atoms with E-state index in [0.717, 1.165) is 32.4 Å². The van der Waals surface area contributed by atoms with Crippen LogP contribution in [0.5, 0.6) is 0 Å². The second-order valence-electron chi connectivity index (χ2n) is 5.83. The Labute approximate surface area is 103 Å². The van der Waals surface area contributed by atoms with E-state index in [9.17, 15) is 5.11 Å². The molecule has 1 heterocycles. The Morgan fingerprint density at radius 3 is 2.47 bits per heavy atom. The van der Waals surface area contributed by atoms with Gasteiger partial charge in [-0.2, -0.15) is 0 Å². The van der Waals surface area contributed by atoms with Crippen LogP contribution < -0.4 is 5.32 Å². The molecule has 2 fully saturated rings. The van der Waals surface area contributed by atoms with Gasteiger partial charge in [0.1, 0.15) is 0 Å². The summed E-state index contributed by atoms with van der Waals surface area (Å²) in [6, 6.07) is 10.7. The average molecular weight is 231 g/mol. The molecule has 0 amide bonds. The topological polar surface area (TPSA) is 32.3 Å². The van der Waals surface area contributed by atoms with Crippen LogP contribution in [-0.2, 0) is 5.41 Å². The van der Waals surface area contributed by atoms with E-state index in [1.54, 1.807) is 0 Å². The molecule has 1 atom stereocenters. The van der Waals surface area contributed by atoms with Crippen LogP contribution in [0.2, 0.25) is 0 Å². The predicted molar refractivity (Wildman–Crippen MR) is 69.0 cm³/mol. The van der Waals surface area contributed by atoms with E-state index in [2.05, 4.69) is 35.6 Å². The summed E-state index contributed by atoms with van der Waals surface area (Å²) in [7, 11) is 0. The van der Waals surface area contributed by atoms with Gasteiger partial charge in [-0.15, -0.1) is 0 Å². The second-order valence-corrected chi connectivity index (χ2v) is 5.83. The SMILES string of the molecule is OC1(CC2(c3ccccc3)CC2)CCCNC1. The van der Waals surface area contributed by atoms with Gasteiger partial charge in [0.15, 0.2) is 0 Å². The molecule has 92 valence electrons. The third kappa shape index (κ3) is 2.24. The molecule has 1 saturated carbocycles. The van der Waals surface area contributed by atoms with Crippen molar-refractivity contribution in [2.75, 3.05) is 13.1 Å². The fourth-order valence-electron chi connectivity index (χ4n) is 3.24. The zero-order chi connectivity index (χ0) is 11.8. The Morgan fingerprint density at radius 1 is 1.12 bits per heavy atom. The highest BCUT2D eigenvalue weighted by Crippen LogP contribution is 2.53. The Hall–Kier alpha value is -0.860. The number of rotatable bonds is 3. The summed E-state index contributed by atoms with van der Waals surface area (Å²) in [5, 5.41) is 14.0. The van der Waals surface area contributed by atoms with Gasteiger partial charge in [-0.3, -0.25) is 0 Å². The number of hydrogen-bond acceptors (Lipinski definition) is 2. The molecule has 1 aliphatic heterocycles. The fraction of sp³-hybridized carbons (Fsp3) is 0.600. The fourth-order valence-corrected chi connectivity index (χ4v) is 3.24. The highest BCUT2D eigenvalue weighted by molar-refractivity contribution is 5.31. The van der Waals surface area contributed by atoms with E-state index < -0.39 is 5.60 Å². The molecule has 2 aliphatic rings. The number of aliphatic hydroxyl groups is 1. The van der Waals surface area contributed by atoms with Gasteiger partial charge in [-0.1, -0.05) is 30.3 Å². The maximum absolute atomic E-state index is 10.6. The van der Waals surface area contributed by atoms with E-state index in [0.29, 0.717) is 0 Å². The molecule has 0 bridgehead atoms. The normalized spacial score (nSPS) is 31.1. The van der Waals surface area contributed by atoms with Crippen molar-refractivity contribution in [3.63, 3.8) is 0 Å². The number of benzene rings is 1. The van der Waals surface area contributed by atoms with Crippen LogP contribution in [0, 0.1) is 0 Å². The maximum atomic E-state index is 10.6. The Balaban J connectivity index is 1.76. The molecular formula is C15H21NO. The average Bonchev–Trinajstić information content (AvgIpc) is 3.11. The van der Waals surface area contributed by atoms with Crippen molar-refractivity contribution >= 4 is 0 Å². The summed E-state index contributed by atoms with van der Waals surface area (Å²) < 4.78 is 0. The number of nitrogens with one attached hydrogen (secondary N) is 1. The Morgan fingerprint density at radius 2 is 1.88 bits per heavy atom. The summed E-state index contributed by atoms with van der Waals surface area (Å²) in [6.45, 7) is 1.82. The van der Waals surface area contributed by atoms with Crippen molar-refractivity contribution in [2.45, 2.75) is 43.1 Å². The van der Waals surface area contributed by atoms with Crippen molar-refractivity contribution in [1.29, 1.82) is 0 Å². The molecule has 1 aromatic rings. The lowest BCUT2D eigenvalue weighted by Gasteiger charge is -2.36. The summed E-state index contributed by atoms with van der Waals surface area (Å²) in [4.78, 5) is 0. The van der Waals surface area contributed by atoms with Crippen molar-refractivity contribution in [3.05, 3.63) is 35.9 Å². The molecule has 17 heavy (non-hydrogen) atoms. The van der Waals surface area contributed by atoms with E-state index in [1.807, 2.05) is 0 Å². The van der Waals surface area contributed by atoms with E-state index >= 15 is 0 Å². The van der Waals surface area contributed by atoms with E-state index in [1.165, 1.54) is 18.4 Å². The minimum absolute atomic E-state index is 0.273. The van der Waals surface area contributed by atoms with Crippen LogP contribution in [0.4, 0.5) is 0 Å². The lowest BCUT2D eigenvalue weighted by Crippen LogP contribution is -2.47. The molecule has 1 unspecified atom stereocenters. The van der Waals surface area contributed by atoms with Crippen LogP contribution in [0.1, 0.15) is 37.7 Å². The first kappa shape index (κ1) is 11.2. The van der Waals surface area contributed by atoms with Crippen LogP contribution in [0.15, 0.2) is 30.3 Å². The highest BCUT2D eigenvalue weighted by atomic mass is 16.3. The third-order valence-corrected chi connectivity index (χ3v) is 4.36. The van der Waals surface area contributed by atoms with Gasteiger partial charge in [0.25, 0.3) is 0 Å². The van der Waals surface area contributed by atoms with E-state index in [-0.39, 0.29) is 5.41 Å². The zero-order valence-corrected chi connectivity index (χ0v) is 10.3. The van der Waals surface area contributed by atoms with Crippen LogP contribution in [0.25, 0.3) is 0 Å². The van der Waals surface area contributed by atoms with Gasteiger partial charge in [-0.05, 0) is 49.6 Å². The molecule has 1 aliphatic carbocycles. The van der Waals surface area contributed by atoms with E-state index in [4.69, 9.17) is 0 Å². The number of hydrogen-bond donors (Lipinski definition) is 2.